The van der Waals surface area contributed by atoms with Crippen LogP contribution < -0.4 is 11.1 Å². The first kappa shape index (κ1) is 29.3. The minimum atomic E-state index is -5.25. The van der Waals surface area contributed by atoms with Crippen LogP contribution in [0, 0.1) is 0 Å². The fourth-order valence-corrected chi connectivity index (χ4v) is 3.98. The van der Waals surface area contributed by atoms with Crippen molar-refractivity contribution in [1.29, 1.82) is 0 Å². The van der Waals surface area contributed by atoms with Crippen molar-refractivity contribution < 1.29 is 58.4 Å². The van der Waals surface area contributed by atoms with Gasteiger partial charge < -0.3 is 50.7 Å². The number of benzene rings is 1. The van der Waals surface area contributed by atoms with Crippen LogP contribution in [0.3, 0.4) is 0 Å². The monoisotopic (exact) mass is 522 g/mol. The van der Waals surface area contributed by atoms with Crippen LogP contribution in [0.5, 0.6) is 0 Å². The number of phosphoric acid groups is 1. The van der Waals surface area contributed by atoms with Crippen LogP contribution in [0.1, 0.15) is 24.8 Å². The number of phosphoric ester groups is 1. The summed E-state index contributed by atoms with van der Waals surface area (Å²) in [7, 11) is -5.25. The minimum Gasteiger partial charge on any atom is -0.449 e. The van der Waals surface area contributed by atoms with Gasteiger partial charge in [-0.05, 0) is 24.8 Å². The number of carbonyl (C=O) groups excluding carboxylic acids is 2. The smallest absolute Gasteiger partial charge is 0.449 e. The molecule has 0 bridgehead atoms. The van der Waals surface area contributed by atoms with E-state index in [0.717, 1.165) is 5.56 Å². The van der Waals surface area contributed by atoms with Crippen LogP contribution in [-0.2, 0) is 34.8 Å². The highest BCUT2D eigenvalue weighted by molar-refractivity contribution is 7.46. The Balaban J connectivity index is 1.77. The Kier molecular flexibility index (Phi) is 11.2. The molecule has 0 heterocycles. The van der Waals surface area contributed by atoms with Crippen molar-refractivity contribution in [2.24, 2.45) is 5.73 Å². The largest absolute Gasteiger partial charge is 0.470 e. The Morgan fingerprint density at radius 2 is 1.60 bits per heavy atom. The normalized spacial score (nSPS) is 27.7. The van der Waals surface area contributed by atoms with E-state index in [-0.39, 0.29) is 0 Å². The summed E-state index contributed by atoms with van der Waals surface area (Å²) in [6, 6.07) is 9.58. The van der Waals surface area contributed by atoms with Crippen molar-refractivity contribution in [2.45, 2.75) is 68.7 Å². The van der Waals surface area contributed by atoms with Gasteiger partial charge in [0, 0.05) is 6.61 Å². The van der Waals surface area contributed by atoms with Gasteiger partial charge in [-0.1, -0.05) is 30.3 Å². The average molecular weight is 522 g/mol. The SMILES string of the molecule is NC(CCCCOCc1ccccc1)NC(=O)C(=O)O[C@@H]1[C@H](O)[C@H](OP(=O)(O)O)[C@@H](O)[C@H](O)[C@H]1O. The topological polar surface area (TPSA) is 238 Å². The Hall–Kier alpha value is -1.97. The third kappa shape index (κ3) is 9.20. The quantitative estimate of drug-likeness (QED) is 0.0499. The molecule has 1 fully saturated rings. The molecule has 1 aromatic rings. The van der Waals surface area contributed by atoms with Crippen molar-refractivity contribution in [3.8, 4) is 0 Å². The number of hydrogen-bond acceptors (Lipinski definition) is 11. The van der Waals surface area contributed by atoms with Gasteiger partial charge in [-0.2, -0.15) is 0 Å². The van der Waals surface area contributed by atoms with E-state index in [1.54, 1.807) is 0 Å². The summed E-state index contributed by atoms with van der Waals surface area (Å²) in [5.41, 5.74) is 6.81. The maximum absolute atomic E-state index is 12.1. The van der Waals surface area contributed by atoms with E-state index >= 15 is 0 Å². The first-order valence-corrected chi connectivity index (χ1v) is 12.3. The van der Waals surface area contributed by atoms with Gasteiger partial charge in [-0.15, -0.1) is 0 Å². The number of ether oxygens (including phenoxy) is 2. The molecule has 1 unspecified atom stereocenters. The Morgan fingerprint density at radius 3 is 2.23 bits per heavy atom. The maximum atomic E-state index is 12.1. The summed E-state index contributed by atoms with van der Waals surface area (Å²) in [6.07, 6.45) is -12.1. The summed E-state index contributed by atoms with van der Waals surface area (Å²) in [5.74, 6) is -2.90. The summed E-state index contributed by atoms with van der Waals surface area (Å²) in [4.78, 5) is 42.0. The molecule has 0 radical (unpaired) electrons. The molecule has 1 aromatic carbocycles. The van der Waals surface area contributed by atoms with Gasteiger partial charge in [0.25, 0.3) is 0 Å². The van der Waals surface area contributed by atoms with E-state index < -0.39 is 62.5 Å². The summed E-state index contributed by atoms with van der Waals surface area (Å²) >= 11 is 0. The second-order valence-corrected chi connectivity index (χ2v) is 9.20. The van der Waals surface area contributed by atoms with Crippen molar-refractivity contribution >= 4 is 19.7 Å². The lowest BCUT2D eigenvalue weighted by atomic mass is 9.85. The van der Waals surface area contributed by atoms with Gasteiger partial charge >= 0.3 is 19.7 Å². The summed E-state index contributed by atoms with van der Waals surface area (Å²) in [5, 5.41) is 42.0. The number of aliphatic hydroxyl groups excluding tert-OH is 4. The van der Waals surface area contributed by atoms with Crippen LogP contribution in [0.4, 0.5) is 0 Å². The van der Waals surface area contributed by atoms with E-state index in [9.17, 15) is 34.6 Å². The lowest BCUT2D eigenvalue weighted by Gasteiger charge is -2.42. The fraction of sp³-hybridized carbons (Fsp3) is 0.600. The molecule has 7 atom stereocenters. The van der Waals surface area contributed by atoms with Crippen LogP contribution >= 0.6 is 7.82 Å². The van der Waals surface area contributed by atoms with Gasteiger partial charge in [0.15, 0.2) is 6.10 Å². The standard InChI is InChI=1S/C20H31N2O12P/c21-12(8-4-5-9-32-10-11-6-2-1-3-7-11)22-19(27)20(28)33-17-14(24)13(23)15(25)18(16(17)26)34-35(29,30)31/h1-3,6-7,12-18,23-26H,4-5,8-10,21H2,(H,22,27)(H2,29,30,31)/t12?,13-,14-,15+,16+,17+,18-/m1/s1. The molecule has 0 aliphatic heterocycles. The molecule has 1 amide bonds. The Morgan fingerprint density at radius 1 is 0.971 bits per heavy atom. The zero-order chi connectivity index (χ0) is 26.2. The molecule has 9 N–H and O–H groups in total. The number of aliphatic hydroxyl groups is 4. The average Bonchev–Trinajstić information content (AvgIpc) is 2.80. The first-order valence-electron chi connectivity index (χ1n) is 10.8. The molecule has 1 aliphatic carbocycles. The van der Waals surface area contributed by atoms with E-state index in [4.69, 9.17) is 25.0 Å². The van der Waals surface area contributed by atoms with Gasteiger partial charge in [0.05, 0.1) is 12.8 Å². The molecule has 2 rings (SSSR count). The molecule has 1 saturated carbocycles. The summed E-state index contributed by atoms with van der Waals surface area (Å²) in [6.45, 7) is 0.918. The van der Waals surface area contributed by atoms with Gasteiger partial charge in [0.2, 0.25) is 0 Å². The number of nitrogens with two attached hydrogens (primary N) is 1. The fourth-order valence-electron chi connectivity index (χ4n) is 3.41. The van der Waals surface area contributed by atoms with Gasteiger partial charge in [-0.25, -0.2) is 9.36 Å². The highest BCUT2D eigenvalue weighted by atomic mass is 31.2. The van der Waals surface area contributed by atoms with Crippen LogP contribution in [0.15, 0.2) is 30.3 Å². The third-order valence-electron chi connectivity index (χ3n) is 5.22. The van der Waals surface area contributed by atoms with Crippen molar-refractivity contribution in [1.82, 2.24) is 5.32 Å². The number of unbranched alkanes of at least 4 members (excludes halogenated alkanes) is 1. The van der Waals surface area contributed by atoms with Gasteiger partial charge in [0.1, 0.15) is 30.5 Å². The van der Waals surface area contributed by atoms with Crippen LogP contribution in [-0.4, -0.2) is 91.5 Å². The Bertz CT molecular complexity index is 869. The minimum absolute atomic E-state index is 0.297. The number of amides is 1. The van der Waals surface area contributed by atoms with E-state index in [0.29, 0.717) is 32.5 Å². The third-order valence-corrected chi connectivity index (χ3v) is 5.73. The molecule has 35 heavy (non-hydrogen) atoms. The second-order valence-electron chi connectivity index (χ2n) is 8.01. The number of hydrogen-bond donors (Lipinski definition) is 8. The maximum Gasteiger partial charge on any atom is 0.470 e. The number of esters is 1. The molecule has 198 valence electrons. The molecular formula is C20H31N2O12P. The molecule has 0 saturated heterocycles. The predicted molar refractivity (Wildman–Crippen MR) is 117 cm³/mol. The van der Waals surface area contributed by atoms with E-state index in [2.05, 4.69) is 9.84 Å². The van der Waals surface area contributed by atoms with E-state index in [1.165, 1.54) is 0 Å². The number of carbonyl (C=O) groups is 2. The number of rotatable bonds is 11. The molecular weight excluding hydrogens is 491 g/mol. The van der Waals surface area contributed by atoms with E-state index in [1.807, 2.05) is 30.3 Å². The zero-order valence-electron chi connectivity index (χ0n) is 18.6. The van der Waals surface area contributed by atoms with Crippen molar-refractivity contribution in [3.05, 3.63) is 35.9 Å². The molecule has 14 nitrogen and oxygen atoms in total. The molecule has 1 aliphatic rings. The molecule has 0 aromatic heterocycles. The zero-order valence-corrected chi connectivity index (χ0v) is 19.5. The van der Waals surface area contributed by atoms with Crippen molar-refractivity contribution in [2.75, 3.05) is 6.61 Å². The molecule has 15 heteroatoms. The van der Waals surface area contributed by atoms with Crippen LogP contribution in [0.25, 0.3) is 0 Å². The second kappa shape index (κ2) is 13.4. The first-order chi connectivity index (χ1) is 16.4. The Labute approximate surface area is 200 Å². The lowest BCUT2D eigenvalue weighted by Crippen LogP contribution is -2.65. The van der Waals surface area contributed by atoms with Crippen LogP contribution in [0.2, 0.25) is 0 Å². The summed E-state index contributed by atoms with van der Waals surface area (Å²) < 4.78 is 25.5. The van der Waals surface area contributed by atoms with Gasteiger partial charge in [-0.3, -0.25) is 9.32 Å². The predicted octanol–water partition coefficient (Wildman–Crippen LogP) is -2.38. The molecule has 0 spiro atoms. The highest BCUT2D eigenvalue weighted by Crippen LogP contribution is 2.41. The lowest BCUT2D eigenvalue weighted by molar-refractivity contribution is -0.230. The highest BCUT2D eigenvalue weighted by Gasteiger charge is 2.53. The van der Waals surface area contributed by atoms with Crippen molar-refractivity contribution in [3.63, 3.8) is 0 Å². The number of nitrogens with one attached hydrogen (secondary N) is 1.